The molecule has 0 aliphatic heterocycles. The molecule has 2 amide bonds. The minimum Gasteiger partial charge on any atom is -0.342 e. The van der Waals surface area contributed by atoms with Crippen molar-refractivity contribution >= 4 is 40.6 Å². The van der Waals surface area contributed by atoms with E-state index in [2.05, 4.69) is 35.6 Å². The molecule has 4 rings (SSSR count). The van der Waals surface area contributed by atoms with Crippen molar-refractivity contribution in [3.8, 4) is 5.82 Å². The van der Waals surface area contributed by atoms with Gasteiger partial charge in [-0.1, -0.05) is 11.6 Å². The summed E-state index contributed by atoms with van der Waals surface area (Å²) in [6.07, 6.45) is 1.93. The van der Waals surface area contributed by atoms with E-state index in [0.717, 1.165) is 17.5 Å². The van der Waals surface area contributed by atoms with E-state index in [1.807, 2.05) is 0 Å². The van der Waals surface area contributed by atoms with Crippen molar-refractivity contribution in [1.82, 2.24) is 34.8 Å². The quantitative estimate of drug-likeness (QED) is 0.377. The van der Waals surface area contributed by atoms with Crippen LogP contribution in [0.4, 0.5) is 19.0 Å². The highest BCUT2D eigenvalue weighted by Crippen LogP contribution is 2.35. The van der Waals surface area contributed by atoms with Crippen LogP contribution in [0.2, 0.25) is 5.02 Å². The van der Waals surface area contributed by atoms with E-state index in [1.54, 1.807) is 30.8 Å². The lowest BCUT2D eigenvalue weighted by Gasteiger charge is -2.11. The van der Waals surface area contributed by atoms with Crippen molar-refractivity contribution in [3.05, 3.63) is 75.2 Å². The summed E-state index contributed by atoms with van der Waals surface area (Å²) in [6.45, 7) is 3.45. The van der Waals surface area contributed by atoms with Crippen LogP contribution < -0.4 is 10.6 Å². The van der Waals surface area contributed by atoms with Crippen molar-refractivity contribution in [3.63, 3.8) is 0 Å². The zero-order valence-electron chi connectivity index (χ0n) is 18.5. The molecule has 1 atom stereocenters. The molecule has 0 bridgehead atoms. The van der Waals surface area contributed by atoms with Crippen LogP contribution in [0.15, 0.2) is 43.2 Å². The molecule has 1 unspecified atom stereocenters. The highest BCUT2D eigenvalue weighted by atomic mass is 35.5. The number of nitrogens with one attached hydrogen (secondary N) is 2. The average molecular weight is 537 g/mol. The van der Waals surface area contributed by atoms with Gasteiger partial charge in [-0.3, -0.25) is 14.2 Å². The third kappa shape index (κ3) is 5.49. The van der Waals surface area contributed by atoms with Crippen molar-refractivity contribution in [2.24, 2.45) is 0 Å². The van der Waals surface area contributed by atoms with E-state index in [4.69, 9.17) is 11.6 Å². The fourth-order valence-electron chi connectivity index (χ4n) is 3.05. The molecule has 0 fully saturated rings. The number of amides is 2. The third-order valence-corrected chi connectivity index (χ3v) is 6.31. The number of hydrogen-bond acceptors (Lipinski definition) is 8. The van der Waals surface area contributed by atoms with Crippen LogP contribution in [0.1, 0.15) is 49.5 Å². The predicted molar refractivity (Wildman–Crippen MR) is 124 cm³/mol. The monoisotopic (exact) mass is 536 g/mol. The van der Waals surface area contributed by atoms with Gasteiger partial charge in [-0.05, 0) is 19.9 Å². The molecule has 36 heavy (non-hydrogen) atoms. The Bertz CT molecular complexity index is 1440. The molecule has 4 aromatic rings. The Balaban J connectivity index is 1.43. The van der Waals surface area contributed by atoms with Gasteiger partial charge in [-0.2, -0.15) is 13.2 Å². The van der Waals surface area contributed by atoms with Gasteiger partial charge in [0.05, 0.1) is 22.8 Å². The topological polar surface area (TPSA) is 128 Å². The zero-order valence-corrected chi connectivity index (χ0v) is 20.1. The van der Waals surface area contributed by atoms with E-state index in [1.165, 1.54) is 18.6 Å². The molecule has 0 saturated carbocycles. The highest BCUT2D eigenvalue weighted by molar-refractivity contribution is 7.13. The maximum Gasteiger partial charge on any atom is 0.418 e. The number of hydrogen-bond donors (Lipinski definition) is 2. The summed E-state index contributed by atoms with van der Waals surface area (Å²) in [5, 5.41) is 4.85. The van der Waals surface area contributed by atoms with Crippen molar-refractivity contribution in [1.29, 1.82) is 0 Å². The van der Waals surface area contributed by atoms with Gasteiger partial charge in [-0.15, -0.1) is 11.3 Å². The summed E-state index contributed by atoms with van der Waals surface area (Å²) in [5.74, 6) is -0.367. The molecular formula is C21H16ClF3N8O2S. The summed E-state index contributed by atoms with van der Waals surface area (Å²) in [6, 6.07) is 1.56. The second-order valence-electron chi connectivity index (χ2n) is 7.37. The van der Waals surface area contributed by atoms with Gasteiger partial charge in [0.1, 0.15) is 39.4 Å². The second kappa shape index (κ2) is 9.99. The first kappa shape index (κ1) is 25.2. The number of aromatic nitrogens is 6. The van der Waals surface area contributed by atoms with Crippen LogP contribution in [-0.2, 0) is 6.18 Å². The third-order valence-electron chi connectivity index (χ3n) is 4.83. The van der Waals surface area contributed by atoms with Crippen LogP contribution in [0.5, 0.6) is 0 Å². The van der Waals surface area contributed by atoms with Gasteiger partial charge in [0.25, 0.3) is 11.8 Å². The van der Waals surface area contributed by atoms with Crippen molar-refractivity contribution in [2.75, 3.05) is 5.32 Å². The SMILES string of the molecule is Cc1nccn1-c1cc(C(=O)NC(C)c2ncc(C(=O)Nc3cc(C(F)(F)F)c(Cl)cn3)s2)ncn1. The van der Waals surface area contributed by atoms with E-state index >= 15 is 0 Å². The number of carbonyl (C=O) groups excluding carboxylic acids is 2. The Morgan fingerprint density at radius 1 is 1.08 bits per heavy atom. The van der Waals surface area contributed by atoms with Crippen molar-refractivity contribution in [2.45, 2.75) is 26.1 Å². The van der Waals surface area contributed by atoms with Gasteiger partial charge in [0, 0.05) is 24.7 Å². The minimum atomic E-state index is -4.70. The normalized spacial score (nSPS) is 12.3. The first-order chi connectivity index (χ1) is 17.0. The number of pyridine rings is 1. The van der Waals surface area contributed by atoms with E-state index in [0.29, 0.717) is 22.7 Å². The molecule has 0 spiro atoms. The summed E-state index contributed by atoms with van der Waals surface area (Å²) in [5.41, 5.74) is -1.00. The Hall–Kier alpha value is -3.91. The molecular weight excluding hydrogens is 521 g/mol. The number of anilines is 1. The Kier molecular flexibility index (Phi) is 6.99. The number of aryl methyl sites for hydroxylation is 1. The van der Waals surface area contributed by atoms with Crippen LogP contribution in [-0.4, -0.2) is 41.3 Å². The van der Waals surface area contributed by atoms with Crippen LogP contribution in [0.25, 0.3) is 5.82 Å². The van der Waals surface area contributed by atoms with Gasteiger partial charge in [-0.25, -0.2) is 24.9 Å². The van der Waals surface area contributed by atoms with E-state index in [9.17, 15) is 22.8 Å². The number of imidazole rings is 1. The van der Waals surface area contributed by atoms with Gasteiger partial charge < -0.3 is 10.6 Å². The van der Waals surface area contributed by atoms with Gasteiger partial charge in [0.15, 0.2) is 0 Å². The summed E-state index contributed by atoms with van der Waals surface area (Å²) in [4.78, 5) is 45.5. The summed E-state index contributed by atoms with van der Waals surface area (Å²) >= 11 is 6.51. The molecule has 15 heteroatoms. The Morgan fingerprint density at radius 2 is 1.86 bits per heavy atom. The van der Waals surface area contributed by atoms with Gasteiger partial charge in [0.2, 0.25) is 0 Å². The number of thiazole rings is 1. The smallest absolute Gasteiger partial charge is 0.342 e. The molecule has 186 valence electrons. The fraction of sp³-hybridized carbons (Fsp3) is 0.190. The Morgan fingerprint density at radius 3 is 2.56 bits per heavy atom. The lowest BCUT2D eigenvalue weighted by molar-refractivity contribution is -0.137. The lowest BCUT2D eigenvalue weighted by atomic mass is 10.2. The van der Waals surface area contributed by atoms with Gasteiger partial charge >= 0.3 is 6.18 Å². The molecule has 0 radical (unpaired) electrons. The zero-order chi connectivity index (χ0) is 26.0. The standard InChI is InChI=1S/C21H16ClF3N8O2S/c1-10(31-18(34)14-6-17(30-9-29-14)33-4-3-26-11(33)2)20-28-8-15(36-20)19(35)32-16-5-12(21(23,24)25)13(22)7-27-16/h3-10H,1-2H3,(H,31,34)(H,27,32,35). The number of halogens is 4. The molecule has 0 aliphatic carbocycles. The Labute approximate surface area is 210 Å². The fourth-order valence-corrected chi connectivity index (χ4v) is 4.08. The van der Waals surface area contributed by atoms with Crippen LogP contribution >= 0.6 is 22.9 Å². The highest BCUT2D eigenvalue weighted by Gasteiger charge is 2.34. The van der Waals surface area contributed by atoms with E-state index < -0.39 is 34.6 Å². The summed E-state index contributed by atoms with van der Waals surface area (Å²) in [7, 11) is 0. The molecule has 10 nitrogen and oxygen atoms in total. The van der Waals surface area contributed by atoms with Crippen LogP contribution in [0.3, 0.4) is 0 Å². The maximum atomic E-state index is 13.0. The second-order valence-corrected chi connectivity index (χ2v) is 8.83. The first-order valence-corrected chi connectivity index (χ1v) is 11.4. The van der Waals surface area contributed by atoms with Crippen molar-refractivity contribution < 1.29 is 22.8 Å². The number of nitrogens with zero attached hydrogens (tertiary/aromatic N) is 6. The number of rotatable bonds is 6. The summed E-state index contributed by atoms with van der Waals surface area (Å²) < 4.78 is 40.8. The molecule has 2 N–H and O–H groups in total. The number of alkyl halides is 3. The largest absolute Gasteiger partial charge is 0.418 e. The minimum absolute atomic E-state index is 0.108. The van der Waals surface area contributed by atoms with E-state index in [-0.39, 0.29) is 16.4 Å². The average Bonchev–Trinajstić information content (AvgIpc) is 3.49. The molecule has 0 aromatic carbocycles. The molecule has 0 saturated heterocycles. The maximum absolute atomic E-state index is 13.0. The molecule has 0 aliphatic rings. The number of carbonyl (C=O) groups is 2. The molecule has 4 aromatic heterocycles. The van der Waals surface area contributed by atoms with Crippen LogP contribution in [0, 0.1) is 6.92 Å². The molecule has 4 heterocycles. The first-order valence-electron chi connectivity index (χ1n) is 10.2. The predicted octanol–water partition coefficient (Wildman–Crippen LogP) is 4.24. The lowest BCUT2D eigenvalue weighted by Crippen LogP contribution is -2.27.